The van der Waals surface area contributed by atoms with Gasteiger partial charge in [-0.2, -0.15) is 0 Å². The lowest BCUT2D eigenvalue weighted by Gasteiger charge is -2.24. The highest BCUT2D eigenvalue weighted by atomic mass is 16.5. The average Bonchev–Trinajstić information content (AvgIpc) is 3.31. The predicted molar refractivity (Wildman–Crippen MR) is 92.8 cm³/mol. The van der Waals surface area contributed by atoms with Crippen LogP contribution in [0.15, 0.2) is 42.7 Å². The topological polar surface area (TPSA) is 71.6 Å². The lowest BCUT2D eigenvalue weighted by Crippen LogP contribution is -2.38. The fraction of sp³-hybridized carbons (Fsp3) is 0.368. The molecule has 3 rings (SSSR count). The van der Waals surface area contributed by atoms with Gasteiger partial charge in [0.05, 0.1) is 18.8 Å². The van der Waals surface area contributed by atoms with Crippen molar-refractivity contribution in [2.24, 2.45) is 0 Å². The number of rotatable bonds is 6. The number of benzene rings is 1. The van der Waals surface area contributed by atoms with Crippen LogP contribution >= 0.6 is 0 Å². The Labute approximate surface area is 146 Å². The summed E-state index contributed by atoms with van der Waals surface area (Å²) < 4.78 is 10.6. The predicted octanol–water partition coefficient (Wildman–Crippen LogP) is 2.12. The molecule has 1 N–H and O–H groups in total. The van der Waals surface area contributed by atoms with Gasteiger partial charge in [0, 0.05) is 49.8 Å². The van der Waals surface area contributed by atoms with Crippen LogP contribution in [0, 0.1) is 0 Å². The highest BCUT2D eigenvalue weighted by Crippen LogP contribution is 2.23. The number of aromatic nitrogens is 1. The first-order chi connectivity index (χ1) is 12.1. The van der Waals surface area contributed by atoms with E-state index in [1.54, 1.807) is 61.8 Å². The maximum Gasteiger partial charge on any atom is 0.254 e. The van der Waals surface area contributed by atoms with Crippen LogP contribution in [0.1, 0.15) is 32.7 Å². The first-order valence-corrected chi connectivity index (χ1v) is 8.24. The van der Waals surface area contributed by atoms with Gasteiger partial charge in [-0.25, -0.2) is 0 Å². The van der Waals surface area contributed by atoms with Crippen LogP contribution in [0.3, 0.4) is 0 Å². The Morgan fingerprint density at radius 3 is 2.44 bits per heavy atom. The van der Waals surface area contributed by atoms with Crippen molar-refractivity contribution < 1.29 is 19.1 Å². The summed E-state index contributed by atoms with van der Waals surface area (Å²) in [5.41, 5.74) is 1.71. The number of carbonyl (C=O) groups is 2. The van der Waals surface area contributed by atoms with Crippen molar-refractivity contribution in [1.29, 1.82) is 0 Å². The van der Waals surface area contributed by atoms with E-state index in [1.807, 2.05) is 0 Å². The van der Waals surface area contributed by atoms with E-state index in [0.29, 0.717) is 29.8 Å². The Kier molecular flexibility index (Phi) is 5.31. The summed E-state index contributed by atoms with van der Waals surface area (Å²) >= 11 is 0. The largest absolute Gasteiger partial charge is 0.383 e. The van der Waals surface area contributed by atoms with Gasteiger partial charge >= 0.3 is 0 Å². The van der Waals surface area contributed by atoms with Crippen molar-refractivity contribution in [1.82, 2.24) is 9.88 Å². The maximum atomic E-state index is 12.8. The molecule has 0 radical (unpaired) electrons. The number of carbonyl (C=O) groups excluding carboxylic acids is 2. The van der Waals surface area contributed by atoms with Crippen LogP contribution in [0.5, 0.6) is 0 Å². The van der Waals surface area contributed by atoms with E-state index < -0.39 is 0 Å². The molecule has 25 heavy (non-hydrogen) atoms. The Morgan fingerprint density at radius 1 is 1.12 bits per heavy atom. The SMILES string of the molecule is COC[C@@H]1C[C@H](OC)CN1C(=O)c1ccc(C(=O)c2cc[nH]c2)cc1. The second-order valence-electron chi connectivity index (χ2n) is 6.17. The summed E-state index contributed by atoms with van der Waals surface area (Å²) in [6, 6.07) is 8.52. The van der Waals surface area contributed by atoms with Gasteiger partial charge in [-0.1, -0.05) is 12.1 Å². The number of ketones is 1. The number of H-pyrrole nitrogens is 1. The number of methoxy groups -OCH3 is 2. The second kappa shape index (κ2) is 7.63. The molecule has 1 aromatic carbocycles. The van der Waals surface area contributed by atoms with Crippen LogP contribution in [0.25, 0.3) is 0 Å². The number of nitrogens with one attached hydrogen (secondary N) is 1. The monoisotopic (exact) mass is 342 g/mol. The van der Waals surface area contributed by atoms with Gasteiger partial charge in [-0.3, -0.25) is 9.59 Å². The van der Waals surface area contributed by atoms with Gasteiger partial charge < -0.3 is 19.4 Å². The second-order valence-corrected chi connectivity index (χ2v) is 6.17. The zero-order valence-electron chi connectivity index (χ0n) is 14.4. The van der Waals surface area contributed by atoms with Gasteiger partial charge in [0.15, 0.2) is 5.78 Å². The molecule has 2 aromatic rings. The van der Waals surface area contributed by atoms with Crippen molar-refractivity contribution in [3.8, 4) is 0 Å². The van der Waals surface area contributed by atoms with Crippen LogP contribution in [-0.2, 0) is 9.47 Å². The fourth-order valence-corrected chi connectivity index (χ4v) is 3.21. The highest BCUT2D eigenvalue weighted by Gasteiger charge is 2.35. The molecule has 1 amide bonds. The van der Waals surface area contributed by atoms with E-state index >= 15 is 0 Å². The summed E-state index contributed by atoms with van der Waals surface area (Å²) in [4.78, 5) is 29.8. The number of nitrogens with zero attached hydrogens (tertiary/aromatic N) is 1. The third kappa shape index (κ3) is 3.65. The third-order valence-corrected chi connectivity index (χ3v) is 4.58. The van der Waals surface area contributed by atoms with Crippen LogP contribution in [0.2, 0.25) is 0 Å². The first kappa shape index (κ1) is 17.4. The van der Waals surface area contributed by atoms with Gasteiger partial charge in [0.1, 0.15) is 0 Å². The fourth-order valence-electron chi connectivity index (χ4n) is 3.21. The van der Waals surface area contributed by atoms with Crippen molar-refractivity contribution >= 4 is 11.7 Å². The van der Waals surface area contributed by atoms with Crippen LogP contribution in [0.4, 0.5) is 0 Å². The van der Waals surface area contributed by atoms with Crippen molar-refractivity contribution in [2.45, 2.75) is 18.6 Å². The molecule has 0 unspecified atom stereocenters. The molecule has 1 aliphatic heterocycles. The summed E-state index contributed by atoms with van der Waals surface area (Å²) in [5, 5.41) is 0. The molecule has 2 heterocycles. The minimum absolute atomic E-state index is 0.00335. The quantitative estimate of drug-likeness (QED) is 0.816. The van der Waals surface area contributed by atoms with Crippen molar-refractivity contribution in [3.05, 3.63) is 59.4 Å². The molecule has 0 saturated carbocycles. The molecule has 132 valence electrons. The van der Waals surface area contributed by atoms with E-state index in [9.17, 15) is 9.59 Å². The lowest BCUT2D eigenvalue weighted by molar-refractivity contribution is 0.0612. The summed E-state index contributed by atoms with van der Waals surface area (Å²) in [6.07, 6.45) is 4.16. The van der Waals surface area contributed by atoms with Gasteiger partial charge in [-0.05, 0) is 24.6 Å². The summed E-state index contributed by atoms with van der Waals surface area (Å²) in [5.74, 6) is -0.139. The molecule has 0 spiro atoms. The minimum atomic E-state index is -0.0712. The Bertz CT molecular complexity index is 724. The smallest absolute Gasteiger partial charge is 0.254 e. The van der Waals surface area contributed by atoms with Gasteiger partial charge in [0.2, 0.25) is 0 Å². The van der Waals surface area contributed by atoms with E-state index in [2.05, 4.69) is 4.98 Å². The van der Waals surface area contributed by atoms with E-state index in [0.717, 1.165) is 6.42 Å². The molecule has 1 aliphatic rings. The summed E-state index contributed by atoms with van der Waals surface area (Å²) in [7, 11) is 3.29. The zero-order chi connectivity index (χ0) is 17.8. The molecular weight excluding hydrogens is 320 g/mol. The van der Waals surface area contributed by atoms with Gasteiger partial charge in [0.25, 0.3) is 5.91 Å². The standard InChI is InChI=1S/C19H22N2O4/c1-24-12-16-9-17(25-2)11-21(16)19(23)14-5-3-13(4-6-14)18(22)15-7-8-20-10-15/h3-8,10,16-17,20H,9,11-12H2,1-2H3/t16-,17-/m0/s1. The number of likely N-dealkylation sites (tertiary alicyclic amines) is 1. The van der Waals surface area contributed by atoms with Crippen molar-refractivity contribution in [2.75, 3.05) is 27.4 Å². The van der Waals surface area contributed by atoms with E-state index in [1.165, 1.54) is 0 Å². The molecule has 0 bridgehead atoms. The number of ether oxygens (including phenoxy) is 2. The first-order valence-electron chi connectivity index (χ1n) is 8.24. The van der Waals surface area contributed by atoms with Crippen molar-refractivity contribution in [3.63, 3.8) is 0 Å². The number of aromatic amines is 1. The minimum Gasteiger partial charge on any atom is -0.383 e. The average molecular weight is 342 g/mol. The molecule has 6 heteroatoms. The number of hydrogen-bond donors (Lipinski definition) is 1. The highest BCUT2D eigenvalue weighted by molar-refractivity contribution is 6.09. The molecule has 0 aliphatic carbocycles. The summed E-state index contributed by atoms with van der Waals surface area (Å²) in [6.45, 7) is 1.03. The Morgan fingerprint density at radius 2 is 1.84 bits per heavy atom. The number of amides is 1. The number of hydrogen-bond acceptors (Lipinski definition) is 4. The molecule has 2 atom stereocenters. The van der Waals surface area contributed by atoms with E-state index in [4.69, 9.17) is 9.47 Å². The molecule has 1 fully saturated rings. The molecule has 1 saturated heterocycles. The Hall–Kier alpha value is -2.44. The van der Waals surface area contributed by atoms with E-state index in [-0.39, 0.29) is 23.8 Å². The molecular formula is C19H22N2O4. The van der Waals surface area contributed by atoms with Gasteiger partial charge in [-0.15, -0.1) is 0 Å². The zero-order valence-corrected chi connectivity index (χ0v) is 14.4. The van der Waals surface area contributed by atoms with Crippen LogP contribution in [-0.4, -0.2) is 61.1 Å². The van der Waals surface area contributed by atoms with Crippen LogP contribution < -0.4 is 0 Å². The maximum absolute atomic E-state index is 12.8. The normalized spacial score (nSPS) is 20.0. The third-order valence-electron chi connectivity index (χ3n) is 4.58. The lowest BCUT2D eigenvalue weighted by atomic mass is 10.0. The molecule has 1 aromatic heterocycles. The Balaban J connectivity index is 1.75. The molecule has 6 nitrogen and oxygen atoms in total.